The molecule has 0 radical (unpaired) electrons. The maximum Gasteiger partial charge on any atom is 0.481 e. The Bertz CT molecular complexity index is 1990. The molecular formula is C50H81N3O16P2. The van der Waals surface area contributed by atoms with Crippen LogP contribution in [0.15, 0.2) is 77.8 Å². The van der Waals surface area contributed by atoms with Crippen molar-refractivity contribution in [2.75, 3.05) is 25.6 Å². The summed E-state index contributed by atoms with van der Waals surface area (Å²) >= 11 is 0. The number of carbonyl (C=O) groups is 2. The Labute approximate surface area is 419 Å². The molecule has 21 heteroatoms. The van der Waals surface area contributed by atoms with Gasteiger partial charge in [0.1, 0.15) is 30.7 Å². The number of nitrogens with zero attached hydrogens (tertiary/aromatic N) is 2. The minimum Gasteiger partial charge on any atom is -0.462 e. The van der Waals surface area contributed by atoms with E-state index in [1.54, 1.807) is 0 Å². The largest absolute Gasteiger partial charge is 0.481 e. The second kappa shape index (κ2) is 35.6. The Kier molecular flexibility index (Phi) is 30.9. The summed E-state index contributed by atoms with van der Waals surface area (Å²) in [5, 5.41) is 20.9. The Morgan fingerprint density at radius 2 is 1.27 bits per heavy atom. The van der Waals surface area contributed by atoms with Crippen molar-refractivity contribution in [3.05, 3.63) is 83.5 Å². The number of unbranched alkanes of at least 4 members (excludes halogenated alkanes) is 13. The van der Waals surface area contributed by atoms with Gasteiger partial charge in [-0.15, -0.1) is 0 Å². The number of epoxide rings is 1. The van der Waals surface area contributed by atoms with E-state index in [-0.39, 0.29) is 30.9 Å². The summed E-state index contributed by atoms with van der Waals surface area (Å²) in [6.45, 7) is 2.02. The third kappa shape index (κ3) is 27.9. The monoisotopic (exact) mass is 1040 g/mol. The number of nitrogens with two attached hydrogens (primary N) is 1. The number of carbonyl (C=O) groups excluding carboxylic acids is 2. The van der Waals surface area contributed by atoms with Gasteiger partial charge in [0.25, 0.3) is 0 Å². The first-order valence-electron chi connectivity index (χ1n) is 25.4. The smallest absolute Gasteiger partial charge is 0.462 e. The molecule has 0 saturated carbocycles. The van der Waals surface area contributed by atoms with Crippen LogP contribution in [0, 0.1) is 0 Å². The number of aliphatic hydroxyl groups is 2. The van der Waals surface area contributed by atoms with Crippen LogP contribution in [0.4, 0.5) is 5.82 Å². The molecule has 0 aromatic carbocycles. The molecule has 0 spiro atoms. The Hall–Kier alpha value is -3.58. The van der Waals surface area contributed by atoms with Gasteiger partial charge < -0.3 is 44.7 Å². The minimum absolute atomic E-state index is 0.0149. The summed E-state index contributed by atoms with van der Waals surface area (Å²) in [5.74, 6) is -1.39. The van der Waals surface area contributed by atoms with Crippen LogP contribution in [-0.2, 0) is 51.0 Å². The lowest BCUT2D eigenvalue weighted by Crippen LogP contribution is -2.36. The summed E-state index contributed by atoms with van der Waals surface area (Å²) in [6.07, 6.45) is 34.7. The van der Waals surface area contributed by atoms with Crippen LogP contribution in [-0.4, -0.2) is 97.9 Å². The van der Waals surface area contributed by atoms with Gasteiger partial charge in [-0.25, -0.2) is 13.9 Å². The van der Waals surface area contributed by atoms with Gasteiger partial charge in [0, 0.05) is 19.0 Å². The molecule has 1 aromatic rings. The molecule has 2 fully saturated rings. The van der Waals surface area contributed by atoms with Crippen molar-refractivity contribution in [2.45, 2.75) is 198 Å². The zero-order valence-corrected chi connectivity index (χ0v) is 43.5. The molecular weight excluding hydrogens is 961 g/mol. The van der Waals surface area contributed by atoms with Gasteiger partial charge >= 0.3 is 33.3 Å². The Morgan fingerprint density at radius 3 is 1.97 bits per heavy atom. The number of anilines is 1. The highest BCUT2D eigenvalue weighted by atomic mass is 31.3. The predicted octanol–water partition coefficient (Wildman–Crippen LogP) is 9.32. The molecule has 2 aliphatic rings. The third-order valence-corrected chi connectivity index (χ3v) is 14.1. The molecule has 1 aromatic heterocycles. The number of phosphoric ester groups is 2. The van der Waals surface area contributed by atoms with E-state index in [0.29, 0.717) is 19.3 Å². The van der Waals surface area contributed by atoms with Crippen molar-refractivity contribution in [1.82, 2.24) is 9.55 Å². The fourth-order valence-electron chi connectivity index (χ4n) is 7.40. The number of nitrogen functional groups attached to an aromatic ring is 1. The van der Waals surface area contributed by atoms with Gasteiger partial charge in [-0.2, -0.15) is 9.29 Å². The number of aromatic nitrogens is 2. The maximum absolute atomic E-state index is 12.9. The first kappa shape index (κ1) is 61.7. The zero-order valence-electron chi connectivity index (χ0n) is 41.7. The van der Waals surface area contributed by atoms with Crippen LogP contribution in [0.3, 0.4) is 0 Å². The van der Waals surface area contributed by atoms with E-state index in [9.17, 15) is 43.5 Å². The first-order valence-corrected chi connectivity index (χ1v) is 28.4. The number of phosphoric acid groups is 2. The lowest BCUT2D eigenvalue weighted by molar-refractivity contribution is -0.161. The van der Waals surface area contributed by atoms with Gasteiger partial charge in [-0.05, 0) is 83.1 Å². The van der Waals surface area contributed by atoms with E-state index >= 15 is 0 Å². The Balaban J connectivity index is 1.42. The van der Waals surface area contributed by atoms with E-state index in [2.05, 4.69) is 71.8 Å². The second-order valence-electron chi connectivity index (χ2n) is 17.7. The van der Waals surface area contributed by atoms with E-state index in [4.69, 9.17) is 33.7 Å². The number of ether oxygens (including phenoxy) is 4. The molecule has 19 nitrogen and oxygen atoms in total. The lowest BCUT2D eigenvalue weighted by atomic mass is 10.1. The number of aliphatic hydroxyl groups excluding tert-OH is 2. The molecule has 3 rings (SSSR count). The van der Waals surface area contributed by atoms with Crippen molar-refractivity contribution < 1.29 is 71.0 Å². The number of esters is 2. The highest BCUT2D eigenvalue weighted by molar-refractivity contribution is 7.61. The van der Waals surface area contributed by atoms with Crippen LogP contribution in [0.1, 0.15) is 161 Å². The van der Waals surface area contributed by atoms with Crippen LogP contribution in [0.5, 0.6) is 0 Å². The van der Waals surface area contributed by atoms with Crippen molar-refractivity contribution in [1.29, 1.82) is 0 Å². The summed E-state index contributed by atoms with van der Waals surface area (Å²) < 4.78 is 62.5. The number of hydrogen-bond acceptors (Lipinski definition) is 16. The van der Waals surface area contributed by atoms with E-state index in [1.165, 1.54) is 51.0 Å². The standard InChI is InChI=1S/C50H81N3O16P2/c1-3-5-7-9-11-13-14-15-16-17-18-20-22-24-30-34-46(55)66-40(37-63-45(54)33-29-26-25-28-32-42-41(67-42)31-27-23-21-19-12-10-8-6-4-2)38-64-70(59,60)69-71(61,62)65-39-43-47(56)48(57)49(68-43)53-36-35-44(51)52-50(53)58/h12-16,19,23,25,27-28,35-36,40-43,47-49,56-57H,3-11,17-18,20-22,24,26,29-34,37-39H2,1-2H3,(H,59,60)(H,61,62)(H2,51,52,58)/b14-13-,16-15-,19-12-,27-23-,28-25-/t40-,41?,42?,43-,47-,48-,49-/m1/s1. The molecule has 4 unspecified atom stereocenters. The van der Waals surface area contributed by atoms with E-state index < -0.39 is 83.7 Å². The zero-order chi connectivity index (χ0) is 51.7. The van der Waals surface area contributed by atoms with Gasteiger partial charge in [0.15, 0.2) is 12.3 Å². The molecule has 9 atom stereocenters. The molecule has 0 amide bonds. The van der Waals surface area contributed by atoms with Crippen LogP contribution in [0.2, 0.25) is 0 Å². The highest BCUT2D eigenvalue weighted by Gasteiger charge is 2.46. The summed E-state index contributed by atoms with van der Waals surface area (Å²) in [5.41, 5.74) is 4.58. The molecule has 2 saturated heterocycles. The predicted molar refractivity (Wildman–Crippen MR) is 270 cm³/mol. The number of hydrogen-bond donors (Lipinski definition) is 5. The van der Waals surface area contributed by atoms with Crippen LogP contribution < -0.4 is 11.4 Å². The van der Waals surface area contributed by atoms with Crippen LogP contribution in [0.25, 0.3) is 0 Å². The van der Waals surface area contributed by atoms with Gasteiger partial charge in [-0.1, -0.05) is 126 Å². The topological polar surface area (TPSA) is 278 Å². The average Bonchev–Trinajstić information content (AvgIpc) is 4.02. The third-order valence-electron chi connectivity index (χ3n) is 11.5. The maximum atomic E-state index is 12.9. The van der Waals surface area contributed by atoms with Crippen molar-refractivity contribution in [2.24, 2.45) is 0 Å². The van der Waals surface area contributed by atoms with Gasteiger partial charge in [0.2, 0.25) is 0 Å². The van der Waals surface area contributed by atoms with Crippen LogP contribution >= 0.6 is 15.6 Å². The van der Waals surface area contributed by atoms with Crippen molar-refractivity contribution >= 4 is 33.4 Å². The lowest BCUT2D eigenvalue weighted by Gasteiger charge is -2.21. The molecule has 0 aliphatic carbocycles. The number of allylic oxidation sites excluding steroid dienone is 8. The van der Waals surface area contributed by atoms with Gasteiger partial charge in [-0.3, -0.25) is 23.2 Å². The molecule has 2 aliphatic heterocycles. The van der Waals surface area contributed by atoms with Gasteiger partial charge in [0.05, 0.1) is 25.4 Å². The fraction of sp³-hybridized carbons (Fsp3) is 0.680. The number of rotatable bonds is 40. The highest BCUT2D eigenvalue weighted by Crippen LogP contribution is 2.60. The molecule has 402 valence electrons. The molecule has 71 heavy (non-hydrogen) atoms. The molecule has 6 N–H and O–H groups in total. The summed E-state index contributed by atoms with van der Waals surface area (Å²) in [6, 6.07) is 1.24. The van der Waals surface area contributed by atoms with E-state index in [0.717, 1.165) is 75.0 Å². The SMILES string of the molecule is CCCCC/C=C\C/C=C\CC1OC1C/C=C\CCCC(=O)OC[C@H](COP(=O)(O)OP(=O)(O)OC[C@H]1O[C@@H](n2ccc(N)nc2=O)[C@H](O)[C@@H]1O)OC(=O)CCCCCCC/C=C\C=C/CCCCCC. The first-order chi connectivity index (χ1) is 34.1. The Morgan fingerprint density at radius 1 is 0.704 bits per heavy atom. The average molecular weight is 1040 g/mol. The molecule has 3 heterocycles. The van der Waals surface area contributed by atoms with Crippen molar-refractivity contribution in [3.63, 3.8) is 0 Å². The van der Waals surface area contributed by atoms with E-state index in [1.807, 2.05) is 12.2 Å². The molecule has 0 bridgehead atoms. The summed E-state index contributed by atoms with van der Waals surface area (Å²) in [7, 11) is -10.9. The quantitative estimate of drug-likeness (QED) is 0.0102. The fourth-order valence-corrected chi connectivity index (χ4v) is 9.51. The minimum atomic E-state index is -5.44. The van der Waals surface area contributed by atoms with Crippen molar-refractivity contribution in [3.8, 4) is 0 Å². The summed E-state index contributed by atoms with van der Waals surface area (Å²) in [4.78, 5) is 61.9. The normalized spacial score (nSPS) is 22.5. The second-order valence-corrected chi connectivity index (χ2v) is 20.8.